The van der Waals surface area contributed by atoms with E-state index in [0.717, 1.165) is 22.3 Å². The van der Waals surface area contributed by atoms with Crippen molar-refractivity contribution in [2.75, 3.05) is 30.8 Å². The molecule has 1 heterocycles. The van der Waals surface area contributed by atoms with Crippen molar-refractivity contribution < 1.29 is 4.79 Å². The fourth-order valence-corrected chi connectivity index (χ4v) is 3.52. The summed E-state index contributed by atoms with van der Waals surface area (Å²) in [5.41, 5.74) is 1.19. The summed E-state index contributed by atoms with van der Waals surface area (Å²) < 4.78 is 0.844. The third-order valence-electron chi connectivity index (χ3n) is 3.02. The van der Waals surface area contributed by atoms with Crippen molar-refractivity contribution in [2.45, 2.75) is 17.7 Å². The Morgan fingerprint density at radius 3 is 2.77 bits per heavy atom. The van der Waals surface area contributed by atoms with Gasteiger partial charge in [0.05, 0.1) is 5.75 Å². The van der Waals surface area contributed by atoms with Gasteiger partial charge in [-0.15, -0.1) is 10.2 Å². The van der Waals surface area contributed by atoms with Crippen LogP contribution in [0.3, 0.4) is 0 Å². The van der Waals surface area contributed by atoms with Crippen LogP contribution in [0.25, 0.3) is 0 Å². The maximum absolute atomic E-state index is 11.7. The number of amides is 1. The summed E-state index contributed by atoms with van der Waals surface area (Å²) in [5, 5.41) is 11.8. The van der Waals surface area contributed by atoms with Crippen LogP contribution >= 0.6 is 23.1 Å². The smallest absolute Gasteiger partial charge is 0.230 e. The van der Waals surface area contributed by atoms with E-state index in [1.165, 1.54) is 28.8 Å². The number of hydrogen-bond acceptors (Lipinski definition) is 6. The van der Waals surface area contributed by atoms with Gasteiger partial charge in [0.25, 0.3) is 0 Å². The summed E-state index contributed by atoms with van der Waals surface area (Å²) in [6.07, 6.45) is 0.916. The summed E-state index contributed by atoms with van der Waals surface area (Å²) in [5.74, 6) is 0.434. The first-order valence-corrected chi connectivity index (χ1v) is 8.91. The van der Waals surface area contributed by atoms with Crippen molar-refractivity contribution in [2.24, 2.45) is 0 Å². The normalized spacial score (nSPS) is 10.5. The summed E-state index contributed by atoms with van der Waals surface area (Å²) in [6, 6.07) is 10.2. The first kappa shape index (κ1) is 16.8. The molecule has 0 aliphatic carbocycles. The number of aryl methyl sites for hydroxylation is 1. The Hall–Kier alpha value is -1.60. The number of hydrogen-bond donors (Lipinski definition) is 1. The van der Waals surface area contributed by atoms with Gasteiger partial charge in [0.1, 0.15) is 5.01 Å². The van der Waals surface area contributed by atoms with Crippen LogP contribution in [0, 0.1) is 6.92 Å². The van der Waals surface area contributed by atoms with Gasteiger partial charge in [0.15, 0.2) is 4.34 Å². The lowest BCUT2D eigenvalue weighted by Crippen LogP contribution is -2.29. The van der Waals surface area contributed by atoms with Gasteiger partial charge in [-0.25, -0.2) is 0 Å². The number of carbonyl (C=O) groups is 1. The van der Waals surface area contributed by atoms with Crippen molar-refractivity contribution in [1.29, 1.82) is 0 Å². The monoisotopic (exact) mass is 336 g/mol. The molecule has 0 unspecified atom stereocenters. The highest BCUT2D eigenvalue weighted by Gasteiger charge is 2.06. The number of rotatable bonds is 8. The summed E-state index contributed by atoms with van der Waals surface area (Å²) in [4.78, 5) is 13.9. The average Bonchev–Trinajstić information content (AvgIpc) is 2.96. The van der Waals surface area contributed by atoms with Crippen LogP contribution in [0.4, 0.5) is 5.69 Å². The topological polar surface area (TPSA) is 58.1 Å². The zero-order chi connectivity index (χ0) is 15.8. The molecule has 22 heavy (non-hydrogen) atoms. The maximum atomic E-state index is 11.7. The lowest BCUT2D eigenvalue weighted by molar-refractivity contribution is -0.118. The molecule has 7 heteroatoms. The summed E-state index contributed by atoms with van der Waals surface area (Å²) in [6.45, 7) is 3.50. The molecule has 0 spiro atoms. The Balaban J connectivity index is 1.59. The van der Waals surface area contributed by atoms with E-state index in [4.69, 9.17) is 0 Å². The highest BCUT2D eigenvalue weighted by atomic mass is 32.2. The summed E-state index contributed by atoms with van der Waals surface area (Å²) >= 11 is 2.95. The third kappa shape index (κ3) is 5.65. The van der Waals surface area contributed by atoms with E-state index in [0.29, 0.717) is 12.3 Å². The van der Waals surface area contributed by atoms with Crippen molar-refractivity contribution in [1.82, 2.24) is 15.5 Å². The van der Waals surface area contributed by atoms with Crippen molar-refractivity contribution >= 4 is 34.7 Å². The number of nitrogens with one attached hydrogen (secondary N) is 1. The molecule has 0 bridgehead atoms. The van der Waals surface area contributed by atoms with E-state index in [9.17, 15) is 4.79 Å². The number of benzene rings is 1. The predicted octanol–water partition coefficient (Wildman–Crippen LogP) is 2.58. The largest absolute Gasteiger partial charge is 0.375 e. The maximum Gasteiger partial charge on any atom is 0.230 e. The molecular weight excluding hydrogens is 316 g/mol. The highest BCUT2D eigenvalue weighted by Crippen LogP contribution is 2.21. The molecule has 1 N–H and O–H groups in total. The van der Waals surface area contributed by atoms with Gasteiger partial charge in [0, 0.05) is 25.8 Å². The first-order valence-electron chi connectivity index (χ1n) is 7.11. The lowest BCUT2D eigenvalue weighted by Gasteiger charge is -2.19. The number of para-hydroxylation sites is 1. The molecule has 2 rings (SSSR count). The number of aromatic nitrogens is 2. The Morgan fingerprint density at radius 2 is 2.09 bits per heavy atom. The molecule has 0 atom stereocenters. The molecule has 0 aliphatic rings. The van der Waals surface area contributed by atoms with Gasteiger partial charge in [-0.05, 0) is 25.5 Å². The molecule has 0 aliphatic heterocycles. The molecule has 2 aromatic rings. The lowest BCUT2D eigenvalue weighted by atomic mass is 10.3. The van der Waals surface area contributed by atoms with Gasteiger partial charge in [-0.3, -0.25) is 4.79 Å². The standard InChI is InChI=1S/C15H20N4OS2/c1-12-17-18-15(22-12)21-11-14(20)16-9-6-10-19(2)13-7-4-3-5-8-13/h3-5,7-8H,6,9-11H2,1-2H3,(H,16,20). The molecule has 1 amide bonds. The van der Waals surface area contributed by atoms with Crippen molar-refractivity contribution in [3.05, 3.63) is 35.3 Å². The number of anilines is 1. The van der Waals surface area contributed by atoms with Gasteiger partial charge in [-0.2, -0.15) is 0 Å². The average molecular weight is 336 g/mol. The SMILES string of the molecule is Cc1nnc(SCC(=O)NCCCN(C)c2ccccc2)s1. The second-order valence-electron chi connectivity index (χ2n) is 4.84. The van der Waals surface area contributed by atoms with Crippen molar-refractivity contribution in [3.63, 3.8) is 0 Å². The van der Waals surface area contributed by atoms with Crippen LogP contribution in [0.1, 0.15) is 11.4 Å². The molecule has 5 nitrogen and oxygen atoms in total. The fourth-order valence-electron chi connectivity index (χ4n) is 1.87. The Kier molecular flexibility index (Phi) is 6.67. The zero-order valence-electron chi connectivity index (χ0n) is 12.8. The van der Waals surface area contributed by atoms with Crippen LogP contribution in [-0.4, -0.2) is 42.0 Å². The van der Waals surface area contributed by atoms with E-state index < -0.39 is 0 Å². The van der Waals surface area contributed by atoms with E-state index >= 15 is 0 Å². The molecule has 0 radical (unpaired) electrons. The second kappa shape index (κ2) is 8.75. The number of thioether (sulfide) groups is 1. The van der Waals surface area contributed by atoms with Gasteiger partial charge < -0.3 is 10.2 Å². The summed E-state index contributed by atoms with van der Waals surface area (Å²) in [7, 11) is 2.06. The van der Waals surface area contributed by atoms with Gasteiger partial charge in [-0.1, -0.05) is 41.3 Å². The Labute approximate surface area is 139 Å². The van der Waals surface area contributed by atoms with Crippen LogP contribution in [-0.2, 0) is 4.79 Å². The molecule has 0 saturated heterocycles. The fraction of sp³-hybridized carbons (Fsp3) is 0.400. The van der Waals surface area contributed by atoms with E-state index in [2.05, 4.69) is 39.6 Å². The van der Waals surface area contributed by atoms with E-state index in [1.54, 1.807) is 0 Å². The quantitative estimate of drug-likeness (QED) is 0.593. The van der Waals surface area contributed by atoms with E-state index in [1.807, 2.05) is 25.1 Å². The highest BCUT2D eigenvalue weighted by molar-refractivity contribution is 8.01. The molecule has 1 aromatic carbocycles. The second-order valence-corrected chi connectivity index (χ2v) is 7.24. The minimum atomic E-state index is 0.0419. The van der Waals surface area contributed by atoms with Crippen LogP contribution in [0.2, 0.25) is 0 Å². The third-order valence-corrected chi connectivity index (χ3v) is 5.00. The predicted molar refractivity (Wildman–Crippen MR) is 92.7 cm³/mol. The van der Waals surface area contributed by atoms with Crippen LogP contribution < -0.4 is 10.2 Å². The minimum Gasteiger partial charge on any atom is -0.375 e. The minimum absolute atomic E-state index is 0.0419. The van der Waals surface area contributed by atoms with E-state index in [-0.39, 0.29) is 5.91 Å². The molecule has 0 saturated carbocycles. The number of nitrogens with zero attached hydrogens (tertiary/aromatic N) is 3. The molecule has 0 fully saturated rings. The number of carbonyl (C=O) groups excluding carboxylic acids is 1. The Morgan fingerprint density at radius 1 is 1.32 bits per heavy atom. The van der Waals surface area contributed by atoms with Crippen molar-refractivity contribution in [3.8, 4) is 0 Å². The van der Waals surface area contributed by atoms with Crippen LogP contribution in [0.5, 0.6) is 0 Å². The van der Waals surface area contributed by atoms with Gasteiger partial charge in [0.2, 0.25) is 5.91 Å². The molecular formula is C15H20N4OS2. The molecule has 118 valence electrons. The van der Waals surface area contributed by atoms with Gasteiger partial charge >= 0.3 is 0 Å². The Bertz CT molecular complexity index is 588. The van der Waals surface area contributed by atoms with Crippen LogP contribution in [0.15, 0.2) is 34.7 Å². The molecule has 1 aromatic heterocycles. The zero-order valence-corrected chi connectivity index (χ0v) is 14.4. The first-order chi connectivity index (χ1) is 10.6.